The van der Waals surface area contributed by atoms with Crippen molar-refractivity contribution in [3.8, 4) is 0 Å². The summed E-state index contributed by atoms with van der Waals surface area (Å²) in [7, 11) is 3.13. The van der Waals surface area contributed by atoms with Crippen LogP contribution < -0.4 is 21.3 Å². The van der Waals surface area contributed by atoms with Crippen LogP contribution in [0.1, 0.15) is 77.1 Å². The summed E-state index contributed by atoms with van der Waals surface area (Å²) in [5, 5.41) is 10.6. The predicted octanol–water partition coefficient (Wildman–Crippen LogP) is 2.94. The van der Waals surface area contributed by atoms with Crippen molar-refractivity contribution in [3.63, 3.8) is 0 Å². The number of alkyl carbamates (subject to hydrolysis) is 1. The Balaban J connectivity index is 1.29. The fourth-order valence-corrected chi connectivity index (χ4v) is 8.29. The van der Waals surface area contributed by atoms with Crippen LogP contribution in [0.5, 0.6) is 0 Å². The largest absolute Gasteiger partial charge is 0.446 e. The summed E-state index contributed by atoms with van der Waals surface area (Å²) in [5.41, 5.74) is 2.49. The topological polar surface area (TPSA) is 183 Å². The highest BCUT2D eigenvalue weighted by molar-refractivity contribution is 6.38. The Bertz CT molecular complexity index is 1820. The van der Waals surface area contributed by atoms with E-state index in [4.69, 9.17) is 4.74 Å². The molecule has 6 amide bonds. The van der Waals surface area contributed by atoms with E-state index in [1.165, 1.54) is 9.80 Å². The van der Waals surface area contributed by atoms with Gasteiger partial charge in [0.05, 0.1) is 12.6 Å². The number of fused-ring (bicyclic) bond motifs is 2. The minimum atomic E-state index is -1.22. The smallest absolute Gasteiger partial charge is 0.408 e. The zero-order chi connectivity index (χ0) is 41.8. The maximum atomic E-state index is 14.7. The van der Waals surface area contributed by atoms with Crippen molar-refractivity contribution in [1.82, 2.24) is 31.1 Å². The lowest BCUT2D eigenvalue weighted by atomic mass is 9.93. The van der Waals surface area contributed by atoms with Gasteiger partial charge in [-0.15, -0.1) is 0 Å². The van der Waals surface area contributed by atoms with E-state index in [1.807, 2.05) is 58.9 Å². The number of amides is 6. The van der Waals surface area contributed by atoms with Gasteiger partial charge in [-0.05, 0) is 72.0 Å². The van der Waals surface area contributed by atoms with Crippen LogP contribution >= 0.6 is 0 Å². The molecule has 7 atom stereocenters. The first kappa shape index (κ1) is 42.9. The van der Waals surface area contributed by atoms with Crippen molar-refractivity contribution in [2.24, 2.45) is 29.1 Å². The molecule has 1 heterocycles. The molecule has 2 aliphatic carbocycles. The van der Waals surface area contributed by atoms with Crippen LogP contribution in [0.25, 0.3) is 0 Å². The molecule has 1 unspecified atom stereocenters. The van der Waals surface area contributed by atoms with Gasteiger partial charge in [-0.25, -0.2) is 4.79 Å². The second-order valence-corrected chi connectivity index (χ2v) is 16.8. The number of carbonyl (C=O) groups is 7. The highest BCUT2D eigenvalue weighted by atomic mass is 16.6. The van der Waals surface area contributed by atoms with Crippen LogP contribution in [0.2, 0.25) is 0 Å². The first-order valence-corrected chi connectivity index (χ1v) is 20.0. The number of nitrogens with zero attached hydrogens (tertiary/aromatic N) is 2. The van der Waals surface area contributed by atoms with Gasteiger partial charge in [-0.3, -0.25) is 28.8 Å². The Labute approximate surface area is 335 Å². The second kappa shape index (κ2) is 17.9. The predicted molar refractivity (Wildman–Crippen MR) is 212 cm³/mol. The quantitative estimate of drug-likeness (QED) is 0.187. The summed E-state index contributed by atoms with van der Waals surface area (Å²) in [6, 6.07) is 12.4. The normalized spacial score (nSPS) is 21.2. The Morgan fingerprint density at radius 2 is 1.49 bits per heavy atom. The number of hydrogen-bond acceptors (Lipinski definition) is 8. The highest BCUT2D eigenvalue weighted by Gasteiger charge is 2.70. The zero-order valence-corrected chi connectivity index (χ0v) is 34.3. The van der Waals surface area contributed by atoms with Crippen molar-refractivity contribution in [1.29, 1.82) is 0 Å². The molecular weight excluding hydrogens is 729 g/mol. The van der Waals surface area contributed by atoms with Gasteiger partial charge >= 0.3 is 6.09 Å². The van der Waals surface area contributed by atoms with Crippen molar-refractivity contribution in [2.45, 2.75) is 97.5 Å². The van der Waals surface area contributed by atoms with E-state index in [1.54, 1.807) is 51.4 Å². The van der Waals surface area contributed by atoms with Gasteiger partial charge < -0.3 is 35.8 Å². The molecule has 2 fully saturated rings. The van der Waals surface area contributed by atoms with Crippen LogP contribution in [0.4, 0.5) is 4.79 Å². The van der Waals surface area contributed by atoms with Gasteiger partial charge in [0.25, 0.3) is 5.91 Å². The molecule has 4 N–H and O–H groups in total. The average Bonchev–Trinajstić information content (AvgIpc) is 3.53. The number of benzene rings is 2. The number of likely N-dealkylation sites (N-methyl/N-ethyl adjacent to an activating group) is 1. The van der Waals surface area contributed by atoms with E-state index in [0.717, 1.165) is 11.1 Å². The molecule has 14 heteroatoms. The van der Waals surface area contributed by atoms with E-state index < -0.39 is 72.3 Å². The molecule has 1 saturated heterocycles. The van der Waals surface area contributed by atoms with Crippen molar-refractivity contribution in [3.05, 3.63) is 71.3 Å². The summed E-state index contributed by atoms with van der Waals surface area (Å²) >= 11 is 0. The molecule has 1 aliphatic heterocycles. The van der Waals surface area contributed by atoms with Crippen LogP contribution in [0.3, 0.4) is 0 Å². The number of Topliss-reactive ketones (excluding diaryl/α,β-unsaturated/α-hetero) is 1. The lowest BCUT2D eigenvalue weighted by molar-refractivity contribution is -0.145. The Hall–Kier alpha value is -5.27. The first-order valence-electron chi connectivity index (χ1n) is 20.0. The lowest BCUT2D eigenvalue weighted by Gasteiger charge is -2.35. The van der Waals surface area contributed by atoms with Gasteiger partial charge in [0.15, 0.2) is 0 Å². The van der Waals surface area contributed by atoms with Gasteiger partial charge in [0.2, 0.25) is 29.4 Å². The second-order valence-electron chi connectivity index (χ2n) is 16.8. The molecule has 2 aromatic carbocycles. The van der Waals surface area contributed by atoms with Crippen LogP contribution in [-0.4, -0.2) is 103 Å². The molecule has 0 aromatic heterocycles. The van der Waals surface area contributed by atoms with E-state index >= 15 is 0 Å². The van der Waals surface area contributed by atoms with Crippen molar-refractivity contribution in [2.75, 3.05) is 27.2 Å². The van der Waals surface area contributed by atoms with Crippen molar-refractivity contribution >= 4 is 41.4 Å². The van der Waals surface area contributed by atoms with Crippen LogP contribution in [0.15, 0.2) is 54.6 Å². The van der Waals surface area contributed by atoms with E-state index in [2.05, 4.69) is 21.3 Å². The Kier molecular flexibility index (Phi) is 13.5. The van der Waals surface area contributed by atoms with Crippen LogP contribution in [-0.2, 0) is 46.3 Å². The standard InChI is InChI=1S/C43H58N6O8/c1-9-15-31(37(51)39(53)44-22-32(50)46-34(40(54)48(7)8)26-16-11-10-12-17-26)45-38(52)36-33-30(43(33,5)6)23-49(36)41(55)35(47-42(56)57-25(4)24(2)3)29-20-27-18-13-14-19-28(27)21-29/h10-14,16-19,24-25,29-31,33-36H,9,15,20-23H2,1-8H3,(H,44,53)(H,45,52)(H,46,50)(H,47,56)/t25-,30+,31?,33+,34-,35-,36-/m0/s1. The zero-order valence-electron chi connectivity index (χ0n) is 34.3. The maximum Gasteiger partial charge on any atom is 0.408 e. The average molecular weight is 787 g/mol. The van der Waals surface area contributed by atoms with Gasteiger partial charge in [-0.2, -0.15) is 0 Å². The lowest BCUT2D eigenvalue weighted by Crippen LogP contribution is -2.59. The third-order valence-electron chi connectivity index (χ3n) is 12.1. The molecule has 0 spiro atoms. The van der Waals surface area contributed by atoms with E-state index in [-0.39, 0.29) is 41.4 Å². The monoisotopic (exact) mass is 786 g/mol. The minimum absolute atomic E-state index is 0.0211. The fourth-order valence-electron chi connectivity index (χ4n) is 8.29. The molecular formula is C43H58N6O8. The molecule has 0 bridgehead atoms. The molecule has 3 aliphatic rings. The first-order chi connectivity index (χ1) is 27.0. The fraction of sp³-hybridized carbons (Fsp3) is 0.558. The molecule has 14 nitrogen and oxygen atoms in total. The summed E-state index contributed by atoms with van der Waals surface area (Å²) in [4.78, 5) is 97.6. The number of hydrogen-bond donors (Lipinski definition) is 4. The highest BCUT2D eigenvalue weighted by Crippen LogP contribution is 2.65. The minimum Gasteiger partial charge on any atom is -0.446 e. The summed E-state index contributed by atoms with van der Waals surface area (Å²) in [6.45, 7) is 11.3. The SMILES string of the molecule is CCCC(NC(=O)[C@@H]1[C@H]2[C@@H](CN1C(=O)[C@@H](NC(=O)O[C@@H](C)C(C)C)C1Cc3ccccc3C1)C2(C)C)C(=O)C(=O)NCC(=O)N[C@H](C(=O)N(C)C)c1ccccc1. The van der Waals surface area contributed by atoms with Gasteiger partial charge in [0.1, 0.15) is 24.2 Å². The number of ketones is 1. The summed E-state index contributed by atoms with van der Waals surface area (Å²) in [6.07, 6.45) is 0.623. The maximum absolute atomic E-state index is 14.7. The number of nitrogens with one attached hydrogen (secondary N) is 4. The summed E-state index contributed by atoms with van der Waals surface area (Å²) in [5.74, 6) is -4.41. The molecule has 57 heavy (non-hydrogen) atoms. The Morgan fingerprint density at radius 1 is 0.877 bits per heavy atom. The number of piperidine rings is 1. The van der Waals surface area contributed by atoms with E-state index in [9.17, 15) is 33.6 Å². The number of ether oxygens (including phenoxy) is 1. The molecule has 308 valence electrons. The number of likely N-dealkylation sites (tertiary alicyclic amines) is 1. The molecule has 0 radical (unpaired) electrons. The Morgan fingerprint density at radius 3 is 2.07 bits per heavy atom. The van der Waals surface area contributed by atoms with Gasteiger partial charge in [-0.1, -0.05) is 95.6 Å². The molecule has 5 rings (SSSR count). The summed E-state index contributed by atoms with van der Waals surface area (Å²) < 4.78 is 5.63. The van der Waals surface area contributed by atoms with Crippen LogP contribution in [0, 0.1) is 29.1 Å². The third-order valence-corrected chi connectivity index (χ3v) is 12.1. The van der Waals surface area contributed by atoms with Gasteiger partial charge in [0, 0.05) is 20.6 Å². The number of rotatable bonds is 16. The van der Waals surface area contributed by atoms with Crippen molar-refractivity contribution < 1.29 is 38.3 Å². The van der Waals surface area contributed by atoms with E-state index in [0.29, 0.717) is 31.4 Å². The molecule has 2 aromatic rings. The number of carbonyl (C=O) groups excluding carboxylic acids is 7. The molecule has 1 saturated carbocycles. The third kappa shape index (κ3) is 9.65.